The third kappa shape index (κ3) is 58.6. The Morgan fingerprint density at radius 2 is 0.521 bits per heavy atom. The van der Waals surface area contributed by atoms with Crippen molar-refractivity contribution in [1.82, 2.24) is 0 Å². The predicted molar refractivity (Wildman–Crippen MR) is 316 cm³/mol. The molecule has 0 radical (unpaired) electrons. The molecule has 0 fully saturated rings. The molecule has 0 aromatic carbocycles. The summed E-state index contributed by atoms with van der Waals surface area (Å²) in [5.41, 5.74) is 0. The normalized spacial score (nSPS) is 13.0. The SMILES string of the molecule is CCCCC/C=C\C/C=C\C/C=C\C/C=C\C/C=C\CCC(=O)O[C@@H](COC(=O)CCCCCC/C=C\C/C=C\C/C=C\CCCCC)COC(=O)CCCCCCCCCCC/C=C\C/C=C\CCCCC. The summed E-state index contributed by atoms with van der Waals surface area (Å²) in [5.74, 6) is -1.03. The molecule has 73 heavy (non-hydrogen) atoms. The molecule has 0 N–H and O–H groups in total. The van der Waals surface area contributed by atoms with Crippen molar-refractivity contribution in [1.29, 1.82) is 0 Å². The van der Waals surface area contributed by atoms with Crippen LogP contribution >= 0.6 is 0 Å². The third-order valence-electron chi connectivity index (χ3n) is 12.4. The largest absolute Gasteiger partial charge is 0.462 e. The molecule has 0 aromatic rings. The van der Waals surface area contributed by atoms with E-state index in [0.717, 1.165) is 96.3 Å². The summed E-state index contributed by atoms with van der Waals surface area (Å²) < 4.78 is 16.8. The first-order valence-corrected chi connectivity index (χ1v) is 30.0. The number of esters is 3. The second-order valence-corrected chi connectivity index (χ2v) is 19.5. The Hall–Kier alpha value is -4.19. The van der Waals surface area contributed by atoms with Gasteiger partial charge in [0.05, 0.1) is 0 Å². The average Bonchev–Trinajstić information content (AvgIpc) is 3.39. The summed E-state index contributed by atoms with van der Waals surface area (Å²) in [6.45, 7) is 6.48. The molecule has 0 saturated heterocycles. The van der Waals surface area contributed by atoms with Gasteiger partial charge in [-0.2, -0.15) is 0 Å². The summed E-state index contributed by atoms with van der Waals surface area (Å²) in [4.78, 5) is 38.2. The van der Waals surface area contributed by atoms with Gasteiger partial charge in [0, 0.05) is 19.3 Å². The number of hydrogen-bond donors (Lipinski definition) is 0. The molecule has 0 aliphatic heterocycles. The van der Waals surface area contributed by atoms with Gasteiger partial charge in [-0.3, -0.25) is 14.4 Å². The second kappa shape index (κ2) is 60.4. The molecule has 414 valence electrons. The lowest BCUT2D eigenvalue weighted by Crippen LogP contribution is -2.30. The molecule has 6 nitrogen and oxygen atoms in total. The third-order valence-corrected chi connectivity index (χ3v) is 12.4. The van der Waals surface area contributed by atoms with Crippen LogP contribution in [0.5, 0.6) is 0 Å². The van der Waals surface area contributed by atoms with Gasteiger partial charge in [0.15, 0.2) is 6.10 Å². The number of carbonyl (C=O) groups excluding carboxylic acids is 3. The van der Waals surface area contributed by atoms with Crippen LogP contribution in [0.15, 0.2) is 122 Å². The van der Waals surface area contributed by atoms with Crippen LogP contribution < -0.4 is 0 Å². The quantitative estimate of drug-likeness (QED) is 0.0261. The Morgan fingerprint density at radius 3 is 0.822 bits per heavy atom. The molecule has 0 aromatic heterocycles. The monoisotopic (exact) mass is 1010 g/mol. The highest BCUT2D eigenvalue weighted by Gasteiger charge is 2.19. The van der Waals surface area contributed by atoms with Crippen molar-refractivity contribution < 1.29 is 28.6 Å². The average molecular weight is 1010 g/mol. The first kappa shape index (κ1) is 68.8. The highest BCUT2D eigenvalue weighted by molar-refractivity contribution is 5.71. The van der Waals surface area contributed by atoms with Gasteiger partial charge in [0.2, 0.25) is 0 Å². The van der Waals surface area contributed by atoms with E-state index in [0.29, 0.717) is 19.3 Å². The standard InChI is InChI=1S/C67H110O6/c1-4-7-10-13-16-19-22-25-28-31-33-36-39-42-45-48-51-54-57-60-66(69)72-63-64(62-71-65(68)59-56-53-50-47-44-41-38-35-30-27-24-21-18-15-12-9-6-3)73-67(70)61-58-55-52-49-46-43-40-37-34-32-29-26-23-20-17-14-11-8-5-2/h16-21,25-30,34,37-38,41,43,46,52,55,64H,4-15,22-24,31-33,35-36,39-40,42,44-45,47-51,53-54,56-63H2,1-3H3/b19-16-,20-17-,21-18-,28-25-,29-26-,30-27-,37-34-,41-38-,46-43-,55-52-/t64-/m0/s1. The van der Waals surface area contributed by atoms with Crippen molar-refractivity contribution in [2.75, 3.05) is 13.2 Å². The molecule has 0 spiro atoms. The minimum Gasteiger partial charge on any atom is -0.462 e. The molecule has 0 aliphatic rings. The maximum atomic E-state index is 12.8. The minimum atomic E-state index is -0.833. The first-order chi connectivity index (χ1) is 36.0. The second-order valence-electron chi connectivity index (χ2n) is 19.5. The highest BCUT2D eigenvalue weighted by atomic mass is 16.6. The summed E-state index contributed by atoms with van der Waals surface area (Å²) in [6, 6.07) is 0. The lowest BCUT2D eigenvalue weighted by Gasteiger charge is -2.18. The molecule has 0 bridgehead atoms. The van der Waals surface area contributed by atoms with Gasteiger partial charge in [-0.05, 0) is 128 Å². The predicted octanol–water partition coefficient (Wildman–Crippen LogP) is 20.4. The first-order valence-electron chi connectivity index (χ1n) is 30.0. The fourth-order valence-electron chi connectivity index (χ4n) is 7.87. The van der Waals surface area contributed by atoms with Crippen LogP contribution in [0.4, 0.5) is 0 Å². The van der Waals surface area contributed by atoms with Gasteiger partial charge >= 0.3 is 17.9 Å². The number of unbranched alkanes of at least 4 members (excludes halogenated alkanes) is 22. The number of rotatable bonds is 53. The Kier molecular flexibility index (Phi) is 56.9. The van der Waals surface area contributed by atoms with E-state index in [4.69, 9.17) is 14.2 Å². The molecular weight excluding hydrogens is 901 g/mol. The van der Waals surface area contributed by atoms with E-state index in [9.17, 15) is 14.4 Å². The van der Waals surface area contributed by atoms with E-state index in [1.165, 1.54) is 122 Å². The number of ether oxygens (including phenoxy) is 3. The van der Waals surface area contributed by atoms with Crippen LogP contribution in [-0.2, 0) is 28.6 Å². The van der Waals surface area contributed by atoms with Crippen molar-refractivity contribution in [2.45, 2.75) is 271 Å². The molecule has 6 heteroatoms. The summed E-state index contributed by atoms with van der Waals surface area (Å²) in [5, 5.41) is 0. The topological polar surface area (TPSA) is 78.9 Å². The van der Waals surface area contributed by atoms with Crippen LogP contribution in [0.25, 0.3) is 0 Å². The van der Waals surface area contributed by atoms with Gasteiger partial charge in [0.25, 0.3) is 0 Å². The zero-order valence-electron chi connectivity index (χ0n) is 47.4. The lowest BCUT2D eigenvalue weighted by molar-refractivity contribution is -0.166. The number of carbonyl (C=O) groups is 3. The van der Waals surface area contributed by atoms with Crippen LogP contribution in [0.3, 0.4) is 0 Å². The van der Waals surface area contributed by atoms with Gasteiger partial charge in [-0.25, -0.2) is 0 Å². The maximum absolute atomic E-state index is 12.8. The van der Waals surface area contributed by atoms with Crippen molar-refractivity contribution in [3.63, 3.8) is 0 Å². The molecule has 0 unspecified atom stereocenters. The number of allylic oxidation sites excluding steroid dienone is 20. The molecule has 0 saturated carbocycles. The lowest BCUT2D eigenvalue weighted by atomic mass is 10.1. The van der Waals surface area contributed by atoms with Crippen molar-refractivity contribution in [3.05, 3.63) is 122 Å². The molecule has 0 rings (SSSR count). The van der Waals surface area contributed by atoms with E-state index >= 15 is 0 Å². The summed E-state index contributed by atoms with van der Waals surface area (Å²) in [6.07, 6.45) is 83.4. The zero-order valence-corrected chi connectivity index (χ0v) is 47.4. The van der Waals surface area contributed by atoms with Gasteiger partial charge in [-0.1, -0.05) is 239 Å². The molecule has 0 amide bonds. The van der Waals surface area contributed by atoms with E-state index in [2.05, 4.69) is 136 Å². The molecule has 0 aliphatic carbocycles. The van der Waals surface area contributed by atoms with Crippen LogP contribution in [0.1, 0.15) is 265 Å². The van der Waals surface area contributed by atoms with E-state index < -0.39 is 12.1 Å². The van der Waals surface area contributed by atoms with Gasteiger partial charge < -0.3 is 14.2 Å². The Morgan fingerprint density at radius 1 is 0.274 bits per heavy atom. The Labute approximate surface area is 450 Å². The molecule has 0 heterocycles. The molecule has 1 atom stereocenters. The van der Waals surface area contributed by atoms with Crippen molar-refractivity contribution >= 4 is 17.9 Å². The smallest absolute Gasteiger partial charge is 0.306 e. The molecular formula is C67H110O6. The highest BCUT2D eigenvalue weighted by Crippen LogP contribution is 2.14. The van der Waals surface area contributed by atoms with Crippen LogP contribution in [0, 0.1) is 0 Å². The van der Waals surface area contributed by atoms with E-state index in [-0.39, 0.29) is 31.6 Å². The maximum Gasteiger partial charge on any atom is 0.306 e. The van der Waals surface area contributed by atoms with Crippen molar-refractivity contribution in [2.24, 2.45) is 0 Å². The number of hydrogen-bond acceptors (Lipinski definition) is 6. The van der Waals surface area contributed by atoms with Gasteiger partial charge in [0.1, 0.15) is 13.2 Å². The fourth-order valence-corrected chi connectivity index (χ4v) is 7.87. The van der Waals surface area contributed by atoms with Crippen LogP contribution in [-0.4, -0.2) is 37.2 Å². The Balaban J connectivity index is 4.55. The fraction of sp³-hybridized carbons (Fsp3) is 0.657. The summed E-state index contributed by atoms with van der Waals surface area (Å²) >= 11 is 0. The Bertz CT molecular complexity index is 1540. The van der Waals surface area contributed by atoms with E-state index in [1.54, 1.807) is 0 Å². The van der Waals surface area contributed by atoms with Crippen LogP contribution in [0.2, 0.25) is 0 Å². The van der Waals surface area contributed by atoms with Gasteiger partial charge in [-0.15, -0.1) is 0 Å². The van der Waals surface area contributed by atoms with E-state index in [1.807, 2.05) is 6.08 Å². The summed E-state index contributed by atoms with van der Waals surface area (Å²) in [7, 11) is 0. The van der Waals surface area contributed by atoms with Crippen molar-refractivity contribution in [3.8, 4) is 0 Å². The zero-order chi connectivity index (χ0) is 52.9. The minimum absolute atomic E-state index is 0.120.